The molecule has 0 radical (unpaired) electrons. The molecule has 1 N–H and O–H groups in total. The highest BCUT2D eigenvalue weighted by Gasteiger charge is 2.42. The van der Waals surface area contributed by atoms with E-state index in [1.165, 1.54) is 12.1 Å². The molecule has 38 heavy (non-hydrogen) atoms. The van der Waals surface area contributed by atoms with Crippen molar-refractivity contribution >= 4 is 29.1 Å². The van der Waals surface area contributed by atoms with Gasteiger partial charge in [-0.2, -0.15) is 5.26 Å². The largest absolute Gasteiger partial charge is 0.386 e. The Bertz CT molecular complexity index is 1370. The Kier molecular flexibility index (Phi) is 7.40. The minimum absolute atomic E-state index is 0.00641. The highest BCUT2D eigenvalue weighted by molar-refractivity contribution is 6.30. The summed E-state index contributed by atoms with van der Waals surface area (Å²) in [5, 5.41) is 20.1. The van der Waals surface area contributed by atoms with E-state index in [1.54, 1.807) is 59.5 Å². The zero-order valence-corrected chi connectivity index (χ0v) is 20.8. The fourth-order valence-electron chi connectivity index (χ4n) is 4.60. The number of hydrogen-bond acceptors (Lipinski definition) is 7. The molecule has 0 spiro atoms. The Hall–Kier alpha value is -3.81. The molecule has 0 aromatic heterocycles. The predicted molar refractivity (Wildman–Crippen MR) is 136 cm³/mol. The Morgan fingerprint density at radius 1 is 1.05 bits per heavy atom. The van der Waals surface area contributed by atoms with Crippen molar-refractivity contribution < 1.29 is 28.6 Å². The average Bonchev–Trinajstić information content (AvgIpc) is 3.20. The number of imide groups is 1. The molecule has 194 valence electrons. The first kappa shape index (κ1) is 25.8. The van der Waals surface area contributed by atoms with Crippen molar-refractivity contribution in [2.75, 3.05) is 24.7 Å². The van der Waals surface area contributed by atoms with Crippen molar-refractivity contribution in [1.29, 1.82) is 5.26 Å². The average molecular weight is 536 g/mol. The van der Waals surface area contributed by atoms with Crippen molar-refractivity contribution in [3.63, 3.8) is 0 Å². The molecule has 2 aliphatic rings. The number of nitriles is 1. The van der Waals surface area contributed by atoms with Crippen LogP contribution in [-0.4, -0.2) is 60.0 Å². The number of carbonyl (C=O) groups is 2. The second-order valence-electron chi connectivity index (χ2n) is 9.07. The molecule has 0 aliphatic carbocycles. The first-order chi connectivity index (χ1) is 18.4. The first-order valence-electron chi connectivity index (χ1n) is 11.9. The van der Waals surface area contributed by atoms with E-state index in [0.717, 1.165) is 4.90 Å². The number of amides is 2. The number of aliphatic hydroxyl groups is 1. The van der Waals surface area contributed by atoms with Gasteiger partial charge in [-0.1, -0.05) is 29.8 Å². The molecule has 1 saturated heterocycles. The van der Waals surface area contributed by atoms with E-state index >= 15 is 0 Å². The van der Waals surface area contributed by atoms with Gasteiger partial charge in [-0.15, -0.1) is 0 Å². The van der Waals surface area contributed by atoms with Crippen molar-refractivity contribution in [2.24, 2.45) is 0 Å². The van der Waals surface area contributed by atoms with Crippen molar-refractivity contribution in [3.05, 3.63) is 99.8 Å². The summed E-state index contributed by atoms with van der Waals surface area (Å²) >= 11 is 5.82. The van der Waals surface area contributed by atoms with Crippen LogP contribution in [0.15, 0.2) is 66.7 Å². The van der Waals surface area contributed by atoms with Crippen LogP contribution in [0.25, 0.3) is 0 Å². The summed E-state index contributed by atoms with van der Waals surface area (Å²) in [6, 6.07) is 19.3. The van der Waals surface area contributed by atoms with Gasteiger partial charge < -0.3 is 19.5 Å². The molecule has 0 unspecified atom stereocenters. The number of benzene rings is 3. The standard InChI is InChI=1S/C28H23ClFN3O5/c29-23-10-7-18(11-24(23)30)13-32(19-8-5-17(12-31)6-9-19)14-25(34)28-37-15-20(16-38-28)33-26(35)21-3-1-2-4-22(21)27(33)36/h1-11,20,25,28,34H,13-16H2/t20?,25-,28?/m0/s1. The molecule has 5 rings (SSSR count). The number of ether oxygens (including phenoxy) is 2. The minimum atomic E-state index is -1.12. The van der Waals surface area contributed by atoms with E-state index in [1.807, 2.05) is 0 Å². The summed E-state index contributed by atoms with van der Waals surface area (Å²) in [7, 11) is 0. The van der Waals surface area contributed by atoms with Gasteiger partial charge in [-0.25, -0.2) is 4.39 Å². The fourth-order valence-corrected chi connectivity index (χ4v) is 4.71. The molecule has 0 saturated carbocycles. The van der Waals surface area contributed by atoms with Gasteiger partial charge in [0.2, 0.25) is 0 Å². The third-order valence-corrected chi connectivity index (χ3v) is 6.84. The SMILES string of the molecule is N#Cc1ccc(N(Cc2ccc(Cl)c(F)c2)C[C@H](O)C2OCC(N3C(=O)c4ccccc4C3=O)CO2)cc1. The normalized spacial score (nSPS) is 19.7. The van der Waals surface area contributed by atoms with E-state index in [-0.39, 0.29) is 31.3 Å². The summed E-state index contributed by atoms with van der Waals surface area (Å²) in [6.07, 6.45) is -2.13. The summed E-state index contributed by atoms with van der Waals surface area (Å²) in [4.78, 5) is 28.5. The quantitative estimate of drug-likeness (QED) is 0.459. The monoisotopic (exact) mass is 535 g/mol. The van der Waals surface area contributed by atoms with Gasteiger partial charge in [-0.05, 0) is 54.1 Å². The van der Waals surface area contributed by atoms with Crippen molar-refractivity contribution in [2.45, 2.75) is 25.0 Å². The zero-order chi connectivity index (χ0) is 26.8. The third-order valence-electron chi connectivity index (χ3n) is 6.54. The highest BCUT2D eigenvalue weighted by Crippen LogP contribution is 2.27. The van der Waals surface area contributed by atoms with Gasteiger partial charge in [-0.3, -0.25) is 14.5 Å². The number of rotatable bonds is 7. The summed E-state index contributed by atoms with van der Waals surface area (Å²) in [5.41, 5.74) is 2.48. The van der Waals surface area contributed by atoms with Crippen LogP contribution in [-0.2, 0) is 16.0 Å². The van der Waals surface area contributed by atoms with Crippen LogP contribution in [0.4, 0.5) is 10.1 Å². The molecule has 2 heterocycles. The van der Waals surface area contributed by atoms with E-state index in [9.17, 15) is 19.1 Å². The van der Waals surface area contributed by atoms with Crippen LogP contribution >= 0.6 is 11.6 Å². The van der Waals surface area contributed by atoms with Crippen LogP contribution in [0, 0.1) is 17.1 Å². The molecule has 2 amide bonds. The maximum absolute atomic E-state index is 14.1. The molecular weight excluding hydrogens is 513 g/mol. The van der Waals surface area contributed by atoms with Gasteiger partial charge in [0.25, 0.3) is 11.8 Å². The summed E-state index contributed by atoms with van der Waals surface area (Å²) in [5.74, 6) is -1.35. The molecule has 10 heteroatoms. The molecule has 0 bridgehead atoms. The number of carbonyl (C=O) groups excluding carboxylic acids is 2. The van der Waals surface area contributed by atoms with E-state index in [0.29, 0.717) is 27.9 Å². The number of aliphatic hydroxyl groups excluding tert-OH is 1. The summed E-state index contributed by atoms with van der Waals surface area (Å²) in [6.45, 7) is 0.304. The Labute approximate surface area is 223 Å². The number of anilines is 1. The van der Waals surface area contributed by atoms with Gasteiger partial charge >= 0.3 is 0 Å². The lowest BCUT2D eigenvalue weighted by atomic mass is 10.1. The maximum atomic E-state index is 14.1. The number of hydrogen-bond donors (Lipinski definition) is 1. The number of nitrogens with zero attached hydrogens (tertiary/aromatic N) is 3. The third kappa shape index (κ3) is 5.12. The van der Waals surface area contributed by atoms with Crippen LogP contribution in [0.3, 0.4) is 0 Å². The van der Waals surface area contributed by atoms with Gasteiger partial charge in [0.15, 0.2) is 6.29 Å². The Morgan fingerprint density at radius 2 is 1.68 bits per heavy atom. The van der Waals surface area contributed by atoms with Crippen LogP contribution < -0.4 is 4.90 Å². The first-order valence-corrected chi connectivity index (χ1v) is 12.3. The number of halogens is 2. The van der Waals surface area contributed by atoms with E-state index in [2.05, 4.69) is 6.07 Å². The minimum Gasteiger partial charge on any atom is -0.386 e. The van der Waals surface area contributed by atoms with Gasteiger partial charge in [0.05, 0.1) is 47.0 Å². The topological polar surface area (TPSA) is 103 Å². The molecule has 1 atom stereocenters. The molecule has 3 aromatic carbocycles. The van der Waals surface area contributed by atoms with E-state index in [4.69, 9.17) is 26.3 Å². The number of fused-ring (bicyclic) bond motifs is 1. The van der Waals surface area contributed by atoms with E-state index < -0.39 is 36.1 Å². The Morgan fingerprint density at radius 3 is 2.26 bits per heavy atom. The Balaban J connectivity index is 1.26. The smallest absolute Gasteiger partial charge is 0.261 e. The second-order valence-corrected chi connectivity index (χ2v) is 9.48. The lowest BCUT2D eigenvalue weighted by Crippen LogP contribution is -2.53. The molecule has 3 aromatic rings. The zero-order valence-electron chi connectivity index (χ0n) is 20.1. The second kappa shape index (κ2) is 10.9. The lowest BCUT2D eigenvalue weighted by molar-refractivity contribution is -0.234. The predicted octanol–water partition coefficient (Wildman–Crippen LogP) is 3.76. The van der Waals surface area contributed by atoms with Crippen LogP contribution in [0.2, 0.25) is 5.02 Å². The molecule has 2 aliphatic heterocycles. The van der Waals surface area contributed by atoms with Gasteiger partial charge in [0.1, 0.15) is 11.9 Å². The maximum Gasteiger partial charge on any atom is 0.261 e. The molecule has 8 nitrogen and oxygen atoms in total. The summed E-state index contributed by atoms with van der Waals surface area (Å²) < 4.78 is 25.6. The van der Waals surface area contributed by atoms with Crippen LogP contribution in [0.1, 0.15) is 31.8 Å². The van der Waals surface area contributed by atoms with Crippen molar-refractivity contribution in [1.82, 2.24) is 4.90 Å². The fraction of sp³-hybridized carbons (Fsp3) is 0.250. The van der Waals surface area contributed by atoms with Crippen LogP contribution in [0.5, 0.6) is 0 Å². The van der Waals surface area contributed by atoms with Crippen molar-refractivity contribution in [3.8, 4) is 6.07 Å². The molecule has 1 fully saturated rings. The molecular formula is C28H23ClFN3O5. The lowest BCUT2D eigenvalue weighted by Gasteiger charge is -2.37. The van der Waals surface area contributed by atoms with Gasteiger partial charge in [0, 0.05) is 18.8 Å². The highest BCUT2D eigenvalue weighted by atomic mass is 35.5.